The number of anilines is 1. The van der Waals surface area contributed by atoms with Crippen LogP contribution in [0.3, 0.4) is 0 Å². The fourth-order valence-electron chi connectivity index (χ4n) is 2.70. The van der Waals surface area contributed by atoms with Crippen molar-refractivity contribution in [1.29, 1.82) is 0 Å². The minimum atomic E-state index is -0.116. The smallest absolute Gasteiger partial charge is 0.162 e. The Morgan fingerprint density at radius 3 is 2.26 bits per heavy atom. The summed E-state index contributed by atoms with van der Waals surface area (Å²) in [6.07, 6.45) is 3.73. The van der Waals surface area contributed by atoms with Gasteiger partial charge in [-0.2, -0.15) is 0 Å². The largest absolute Gasteiger partial charge is 0.493 e. The quantitative estimate of drug-likeness (QED) is 0.908. The van der Waals surface area contributed by atoms with Gasteiger partial charge in [0.1, 0.15) is 0 Å². The molecule has 0 atom stereocenters. The number of hydrogen-bond donors (Lipinski definition) is 1. The van der Waals surface area contributed by atoms with Gasteiger partial charge in [-0.15, -0.1) is 0 Å². The van der Waals surface area contributed by atoms with Crippen LogP contribution < -0.4 is 14.4 Å². The summed E-state index contributed by atoms with van der Waals surface area (Å²) >= 11 is 0. The van der Waals surface area contributed by atoms with E-state index in [2.05, 4.69) is 11.9 Å². The van der Waals surface area contributed by atoms with E-state index in [1.54, 1.807) is 14.2 Å². The Morgan fingerprint density at radius 1 is 1.05 bits per heavy atom. The van der Waals surface area contributed by atoms with Gasteiger partial charge < -0.3 is 19.5 Å². The highest BCUT2D eigenvalue weighted by atomic mass is 16.5. The van der Waals surface area contributed by atoms with Crippen LogP contribution in [0, 0.1) is 0 Å². The van der Waals surface area contributed by atoms with E-state index in [-0.39, 0.29) is 6.10 Å². The highest BCUT2D eigenvalue weighted by molar-refractivity contribution is 5.56. The van der Waals surface area contributed by atoms with Crippen LogP contribution in [0.25, 0.3) is 0 Å². The van der Waals surface area contributed by atoms with E-state index in [1.807, 2.05) is 18.2 Å². The van der Waals surface area contributed by atoms with Crippen LogP contribution in [-0.2, 0) is 0 Å². The molecule has 0 amide bonds. The molecule has 19 heavy (non-hydrogen) atoms. The summed E-state index contributed by atoms with van der Waals surface area (Å²) in [6.45, 7) is 0. The fourth-order valence-corrected chi connectivity index (χ4v) is 2.70. The molecule has 0 radical (unpaired) electrons. The standard InChI is InChI=1S/C15H23NO3/c1-16(11-4-7-13(17)8-5-11)12-6-9-14(18-2)15(10-12)19-3/h6,9-11,13,17H,4-5,7-8H2,1-3H3. The number of benzene rings is 1. The lowest BCUT2D eigenvalue weighted by Crippen LogP contribution is -2.36. The first-order chi connectivity index (χ1) is 9.15. The number of aliphatic hydroxyl groups is 1. The first kappa shape index (κ1) is 14.0. The van der Waals surface area contributed by atoms with Gasteiger partial charge in [0.05, 0.1) is 20.3 Å². The molecule has 0 unspecified atom stereocenters. The second-order valence-corrected chi connectivity index (χ2v) is 5.11. The number of methoxy groups -OCH3 is 2. The van der Waals surface area contributed by atoms with Gasteiger partial charge in [0.15, 0.2) is 11.5 Å². The number of hydrogen-bond acceptors (Lipinski definition) is 4. The van der Waals surface area contributed by atoms with Crippen LogP contribution in [-0.4, -0.2) is 38.5 Å². The van der Waals surface area contributed by atoms with Crippen LogP contribution in [0.2, 0.25) is 0 Å². The molecule has 4 nitrogen and oxygen atoms in total. The molecule has 1 aromatic rings. The van der Waals surface area contributed by atoms with Gasteiger partial charge in [-0.25, -0.2) is 0 Å². The predicted octanol–water partition coefficient (Wildman–Crippen LogP) is 2.44. The van der Waals surface area contributed by atoms with Gasteiger partial charge in [-0.1, -0.05) is 0 Å². The van der Waals surface area contributed by atoms with Crippen molar-refractivity contribution in [2.24, 2.45) is 0 Å². The Hall–Kier alpha value is -1.42. The van der Waals surface area contributed by atoms with Crippen molar-refractivity contribution in [1.82, 2.24) is 0 Å². The van der Waals surface area contributed by atoms with Gasteiger partial charge in [-0.3, -0.25) is 0 Å². The summed E-state index contributed by atoms with van der Waals surface area (Å²) in [5, 5.41) is 9.57. The molecule has 2 rings (SSSR count). The minimum absolute atomic E-state index is 0.116. The maximum absolute atomic E-state index is 9.57. The molecule has 0 saturated heterocycles. The van der Waals surface area contributed by atoms with Crippen molar-refractivity contribution in [2.45, 2.75) is 37.8 Å². The van der Waals surface area contributed by atoms with Crippen LogP contribution >= 0.6 is 0 Å². The summed E-state index contributed by atoms with van der Waals surface area (Å²) in [5.74, 6) is 1.50. The molecule has 0 spiro atoms. The second kappa shape index (κ2) is 6.15. The maximum atomic E-state index is 9.57. The van der Waals surface area contributed by atoms with Gasteiger partial charge >= 0.3 is 0 Å². The lowest BCUT2D eigenvalue weighted by Gasteiger charge is -2.34. The molecule has 0 heterocycles. The molecule has 1 saturated carbocycles. The van der Waals surface area contributed by atoms with E-state index < -0.39 is 0 Å². The zero-order valence-corrected chi connectivity index (χ0v) is 11.9. The molecule has 1 fully saturated rings. The molecule has 4 heteroatoms. The van der Waals surface area contributed by atoms with E-state index in [1.165, 1.54) is 0 Å². The summed E-state index contributed by atoms with van der Waals surface area (Å²) in [5.41, 5.74) is 1.12. The van der Waals surface area contributed by atoms with Crippen molar-refractivity contribution in [3.05, 3.63) is 18.2 Å². The molecule has 1 aliphatic rings. The van der Waals surface area contributed by atoms with Crippen molar-refractivity contribution >= 4 is 5.69 Å². The molecular weight excluding hydrogens is 242 g/mol. The Bertz CT molecular complexity index is 414. The Labute approximate surface area is 114 Å². The number of nitrogens with zero attached hydrogens (tertiary/aromatic N) is 1. The van der Waals surface area contributed by atoms with E-state index in [0.717, 1.165) is 42.9 Å². The Morgan fingerprint density at radius 2 is 1.68 bits per heavy atom. The highest BCUT2D eigenvalue weighted by Gasteiger charge is 2.23. The zero-order valence-electron chi connectivity index (χ0n) is 11.9. The van der Waals surface area contributed by atoms with Gasteiger partial charge in [0.25, 0.3) is 0 Å². The van der Waals surface area contributed by atoms with Crippen molar-refractivity contribution in [3.8, 4) is 11.5 Å². The third kappa shape index (κ3) is 3.13. The molecule has 1 aromatic carbocycles. The van der Waals surface area contributed by atoms with Gasteiger partial charge in [0, 0.05) is 24.8 Å². The lowest BCUT2D eigenvalue weighted by atomic mass is 9.92. The van der Waals surface area contributed by atoms with Gasteiger partial charge in [0.2, 0.25) is 0 Å². The molecule has 0 bridgehead atoms. The van der Waals surface area contributed by atoms with Crippen molar-refractivity contribution in [3.63, 3.8) is 0 Å². The summed E-state index contributed by atoms with van der Waals surface area (Å²) in [7, 11) is 5.39. The molecule has 106 valence electrons. The maximum Gasteiger partial charge on any atom is 0.162 e. The van der Waals surface area contributed by atoms with E-state index in [0.29, 0.717) is 6.04 Å². The predicted molar refractivity (Wildman–Crippen MR) is 76.2 cm³/mol. The second-order valence-electron chi connectivity index (χ2n) is 5.11. The van der Waals surface area contributed by atoms with Crippen LogP contribution in [0.1, 0.15) is 25.7 Å². The van der Waals surface area contributed by atoms with Crippen molar-refractivity contribution < 1.29 is 14.6 Å². The third-order valence-electron chi connectivity index (χ3n) is 3.99. The van der Waals surface area contributed by atoms with E-state index in [4.69, 9.17) is 9.47 Å². The molecule has 0 aliphatic heterocycles. The Balaban J connectivity index is 2.12. The first-order valence-corrected chi connectivity index (χ1v) is 6.78. The topological polar surface area (TPSA) is 41.9 Å². The fraction of sp³-hybridized carbons (Fsp3) is 0.600. The summed E-state index contributed by atoms with van der Waals surface area (Å²) < 4.78 is 10.6. The number of ether oxygens (including phenoxy) is 2. The summed E-state index contributed by atoms with van der Waals surface area (Å²) in [6, 6.07) is 6.47. The highest BCUT2D eigenvalue weighted by Crippen LogP contribution is 2.33. The average Bonchev–Trinajstić information content (AvgIpc) is 2.46. The molecule has 0 aromatic heterocycles. The minimum Gasteiger partial charge on any atom is -0.493 e. The van der Waals surface area contributed by atoms with Crippen LogP contribution in [0.5, 0.6) is 11.5 Å². The molecule has 1 N–H and O–H groups in total. The third-order valence-corrected chi connectivity index (χ3v) is 3.99. The lowest BCUT2D eigenvalue weighted by molar-refractivity contribution is 0.122. The SMILES string of the molecule is COc1ccc(N(C)C2CCC(O)CC2)cc1OC. The van der Waals surface area contributed by atoms with E-state index in [9.17, 15) is 5.11 Å². The van der Waals surface area contributed by atoms with Crippen LogP contribution in [0.15, 0.2) is 18.2 Å². The monoisotopic (exact) mass is 265 g/mol. The molecular formula is C15H23NO3. The number of aliphatic hydroxyl groups excluding tert-OH is 1. The Kier molecular flexibility index (Phi) is 4.53. The van der Waals surface area contributed by atoms with E-state index >= 15 is 0 Å². The normalized spacial score (nSPS) is 22.9. The first-order valence-electron chi connectivity index (χ1n) is 6.78. The number of rotatable bonds is 4. The van der Waals surface area contributed by atoms with Gasteiger partial charge in [-0.05, 0) is 37.8 Å². The van der Waals surface area contributed by atoms with Crippen molar-refractivity contribution in [2.75, 3.05) is 26.2 Å². The van der Waals surface area contributed by atoms with Crippen LogP contribution in [0.4, 0.5) is 5.69 Å². The summed E-state index contributed by atoms with van der Waals surface area (Å²) in [4.78, 5) is 2.27. The molecule has 1 aliphatic carbocycles. The average molecular weight is 265 g/mol. The zero-order chi connectivity index (χ0) is 13.8.